The van der Waals surface area contributed by atoms with Gasteiger partial charge in [0.1, 0.15) is 29.4 Å². The summed E-state index contributed by atoms with van der Waals surface area (Å²) in [7, 11) is 0. The number of halogens is 1. The van der Waals surface area contributed by atoms with E-state index in [0.717, 1.165) is 35.4 Å². The molecule has 1 saturated heterocycles. The molecule has 0 saturated carbocycles. The second-order valence-corrected chi connectivity index (χ2v) is 12.3. The Kier molecular flexibility index (Phi) is 9.54. The molecule has 1 atom stereocenters. The van der Waals surface area contributed by atoms with Crippen LogP contribution in [0.4, 0.5) is 4.79 Å². The first kappa shape index (κ1) is 31.1. The summed E-state index contributed by atoms with van der Waals surface area (Å²) in [6.07, 6.45) is 3.25. The molecule has 1 aliphatic rings. The fourth-order valence-electron chi connectivity index (χ4n) is 5.06. The third-order valence-electron chi connectivity index (χ3n) is 7.10. The van der Waals surface area contributed by atoms with Gasteiger partial charge in [0.05, 0.1) is 11.3 Å². The topological polar surface area (TPSA) is 107 Å². The van der Waals surface area contributed by atoms with E-state index in [2.05, 4.69) is 10.3 Å². The molecule has 2 aromatic carbocycles. The minimum Gasteiger partial charge on any atom is -0.487 e. The molecule has 1 N–H and O–H groups in total. The molecule has 0 aliphatic carbocycles. The highest BCUT2D eigenvalue weighted by molar-refractivity contribution is 6.30. The molecule has 0 unspecified atom stereocenters. The van der Waals surface area contributed by atoms with E-state index >= 15 is 0 Å². The number of oxazole rings is 1. The molecule has 1 fully saturated rings. The number of alkyl carbamates (subject to hydrolysis) is 1. The largest absolute Gasteiger partial charge is 0.487 e. The van der Waals surface area contributed by atoms with Crippen LogP contribution in [-0.2, 0) is 17.8 Å². The molecule has 2 aromatic heterocycles. The number of benzene rings is 2. The monoisotopic (exact) mass is 616 g/mol. The Balaban J connectivity index is 1.13. The first-order valence-electron chi connectivity index (χ1n) is 14.7. The van der Waals surface area contributed by atoms with Crippen LogP contribution in [0.5, 0.6) is 5.75 Å². The fourth-order valence-corrected chi connectivity index (χ4v) is 5.27. The van der Waals surface area contributed by atoms with Crippen LogP contribution in [0, 0.1) is 6.92 Å². The highest BCUT2D eigenvalue weighted by Crippen LogP contribution is 2.27. The van der Waals surface area contributed by atoms with Crippen LogP contribution in [0.25, 0.3) is 11.3 Å². The minimum atomic E-state index is -0.574. The Labute approximate surface area is 262 Å². The van der Waals surface area contributed by atoms with Crippen LogP contribution in [0.1, 0.15) is 66.9 Å². The molecule has 230 valence electrons. The average Bonchev–Trinajstić information content (AvgIpc) is 3.34. The molecule has 1 aliphatic heterocycles. The fraction of sp³-hybridized carbons (Fsp3) is 0.353. The Morgan fingerprint density at radius 1 is 1.11 bits per heavy atom. The van der Waals surface area contributed by atoms with E-state index in [9.17, 15) is 9.59 Å². The lowest BCUT2D eigenvalue weighted by Crippen LogP contribution is -2.50. The number of rotatable bonds is 8. The van der Waals surface area contributed by atoms with Crippen molar-refractivity contribution in [2.24, 2.45) is 0 Å². The molecular weight excluding hydrogens is 580 g/mol. The predicted octanol–water partition coefficient (Wildman–Crippen LogP) is 7.00. The van der Waals surface area contributed by atoms with Crippen molar-refractivity contribution >= 4 is 23.6 Å². The number of piperidine rings is 1. The smallest absolute Gasteiger partial charge is 0.407 e. The van der Waals surface area contributed by atoms with Gasteiger partial charge in [0.25, 0.3) is 5.91 Å². The second-order valence-electron chi connectivity index (χ2n) is 11.9. The summed E-state index contributed by atoms with van der Waals surface area (Å²) in [5.41, 5.74) is 3.37. The van der Waals surface area contributed by atoms with Crippen molar-refractivity contribution in [3.05, 3.63) is 100 Å². The van der Waals surface area contributed by atoms with Crippen molar-refractivity contribution in [3.8, 4) is 17.0 Å². The Hall–Kier alpha value is -4.37. The Morgan fingerprint density at radius 2 is 1.91 bits per heavy atom. The van der Waals surface area contributed by atoms with Crippen LogP contribution >= 0.6 is 11.6 Å². The van der Waals surface area contributed by atoms with E-state index in [0.29, 0.717) is 47.4 Å². The number of aryl methyl sites for hydroxylation is 1. The van der Waals surface area contributed by atoms with Crippen molar-refractivity contribution in [2.75, 3.05) is 13.1 Å². The quantitative estimate of drug-likeness (QED) is 0.227. The van der Waals surface area contributed by atoms with Crippen molar-refractivity contribution in [3.63, 3.8) is 0 Å². The van der Waals surface area contributed by atoms with Crippen molar-refractivity contribution < 1.29 is 23.5 Å². The van der Waals surface area contributed by atoms with E-state index in [1.54, 1.807) is 23.2 Å². The van der Waals surface area contributed by atoms with Gasteiger partial charge in [-0.2, -0.15) is 0 Å². The molecule has 44 heavy (non-hydrogen) atoms. The summed E-state index contributed by atoms with van der Waals surface area (Å²) in [5.74, 6) is 1.95. The van der Waals surface area contributed by atoms with E-state index in [-0.39, 0.29) is 18.6 Å². The third kappa shape index (κ3) is 8.38. The van der Waals surface area contributed by atoms with E-state index in [1.807, 2.05) is 76.2 Å². The first-order chi connectivity index (χ1) is 21.0. The Morgan fingerprint density at radius 3 is 2.61 bits per heavy atom. The minimum absolute atomic E-state index is 0.116. The molecule has 9 nitrogen and oxygen atoms in total. The Bertz CT molecular complexity index is 1600. The number of carbonyl (C=O) groups is 2. The maximum absolute atomic E-state index is 13.1. The number of amides is 2. The lowest BCUT2D eigenvalue weighted by Gasteiger charge is -2.33. The molecule has 4 aromatic rings. The SMILES string of the molecule is Cc1oc(Cc2cccc(Cl)c2)nc1-c1ccc(OCc2ccc(C(=O)N3CCC[C@H](NC(=O)OC(C)(C)C)C3)cn2)cc1. The summed E-state index contributed by atoms with van der Waals surface area (Å²) >= 11 is 6.11. The average molecular weight is 617 g/mol. The predicted molar refractivity (Wildman–Crippen MR) is 168 cm³/mol. The summed E-state index contributed by atoms with van der Waals surface area (Å²) in [6, 6.07) is 18.7. The lowest BCUT2D eigenvalue weighted by molar-refractivity contribution is 0.0452. The maximum Gasteiger partial charge on any atom is 0.407 e. The van der Waals surface area contributed by atoms with Gasteiger partial charge < -0.3 is 24.1 Å². The standard InChI is InChI=1S/C34H37ClN4O5/c1-22-31(38-30(43-22)18-23-7-5-8-26(35)17-23)24-11-14-29(15-12-24)42-21-28-13-10-25(19-36-28)32(40)39-16-6-9-27(20-39)37-33(41)44-34(2,3)4/h5,7-8,10-15,17,19,27H,6,9,16,18,20-21H2,1-4H3,(H,37,41)/t27-/m0/s1. The lowest BCUT2D eigenvalue weighted by atomic mass is 10.0. The summed E-state index contributed by atoms with van der Waals surface area (Å²) in [5, 5.41) is 3.56. The van der Waals surface area contributed by atoms with E-state index in [4.69, 9.17) is 30.5 Å². The number of ether oxygens (including phenoxy) is 2. The van der Waals surface area contributed by atoms with E-state index in [1.165, 1.54) is 0 Å². The zero-order valence-corrected chi connectivity index (χ0v) is 26.2. The molecule has 10 heteroatoms. The van der Waals surface area contributed by atoms with E-state index < -0.39 is 11.7 Å². The van der Waals surface area contributed by atoms with Gasteiger partial charge in [-0.3, -0.25) is 9.78 Å². The summed E-state index contributed by atoms with van der Waals surface area (Å²) in [4.78, 5) is 36.2. The molecule has 5 rings (SSSR count). The molecule has 2 amide bonds. The highest BCUT2D eigenvalue weighted by Gasteiger charge is 2.27. The van der Waals surface area contributed by atoms with Crippen LogP contribution in [0.2, 0.25) is 5.02 Å². The first-order valence-corrected chi connectivity index (χ1v) is 15.1. The number of nitrogens with one attached hydrogen (secondary N) is 1. The highest BCUT2D eigenvalue weighted by atomic mass is 35.5. The van der Waals surface area contributed by atoms with Crippen molar-refractivity contribution in [1.82, 2.24) is 20.2 Å². The molecule has 3 heterocycles. The molecule has 0 bridgehead atoms. The number of hydrogen-bond acceptors (Lipinski definition) is 7. The van der Waals surface area contributed by atoms with Gasteiger partial charge in [0, 0.05) is 42.3 Å². The molecule has 0 spiro atoms. The normalized spacial score (nSPS) is 15.1. The van der Waals surface area contributed by atoms with Crippen molar-refractivity contribution in [1.29, 1.82) is 0 Å². The van der Waals surface area contributed by atoms with Crippen LogP contribution in [0.3, 0.4) is 0 Å². The number of aromatic nitrogens is 2. The number of nitrogens with zero attached hydrogens (tertiary/aromatic N) is 3. The van der Waals surface area contributed by atoms with Gasteiger partial charge in [-0.1, -0.05) is 23.7 Å². The summed E-state index contributed by atoms with van der Waals surface area (Å²) in [6.45, 7) is 8.68. The van der Waals surface area contributed by atoms with Gasteiger partial charge in [0.2, 0.25) is 0 Å². The van der Waals surface area contributed by atoms with Crippen LogP contribution in [0.15, 0.2) is 71.3 Å². The number of carbonyl (C=O) groups excluding carboxylic acids is 2. The third-order valence-corrected chi connectivity index (χ3v) is 7.34. The van der Waals surface area contributed by atoms with Gasteiger partial charge in [0.15, 0.2) is 5.89 Å². The second kappa shape index (κ2) is 13.5. The van der Waals surface area contributed by atoms with Crippen LogP contribution in [-0.4, -0.2) is 51.6 Å². The van der Waals surface area contributed by atoms with Gasteiger partial charge in [-0.25, -0.2) is 9.78 Å². The molecule has 0 radical (unpaired) electrons. The number of pyridine rings is 1. The van der Waals surface area contributed by atoms with Gasteiger partial charge >= 0.3 is 6.09 Å². The van der Waals surface area contributed by atoms with Gasteiger partial charge in [-0.15, -0.1) is 0 Å². The van der Waals surface area contributed by atoms with Gasteiger partial charge in [-0.05, 0) is 94.6 Å². The zero-order chi connectivity index (χ0) is 31.3. The van der Waals surface area contributed by atoms with Crippen LogP contribution < -0.4 is 10.1 Å². The number of likely N-dealkylation sites (tertiary alicyclic amines) is 1. The summed E-state index contributed by atoms with van der Waals surface area (Å²) < 4.78 is 17.2. The number of hydrogen-bond donors (Lipinski definition) is 1. The van der Waals surface area contributed by atoms with Crippen molar-refractivity contribution in [2.45, 2.75) is 65.2 Å². The molecular formula is C34H37ClN4O5. The zero-order valence-electron chi connectivity index (χ0n) is 25.4. The maximum atomic E-state index is 13.1.